The fraction of sp³-hybridized carbons (Fsp3) is 0. The molecule has 0 unspecified atom stereocenters. The number of hydrogen-bond acceptors (Lipinski definition) is 6. The molecule has 0 fully saturated rings. The summed E-state index contributed by atoms with van der Waals surface area (Å²) >= 11 is 0. The monoisotopic (exact) mass is 786 g/mol. The summed E-state index contributed by atoms with van der Waals surface area (Å²) in [5, 5.41) is 0. The maximum Gasteiger partial charge on any atom is 0.169 e. The van der Waals surface area contributed by atoms with Crippen molar-refractivity contribution in [1.82, 2.24) is 0 Å². The van der Waals surface area contributed by atoms with E-state index >= 15 is 0 Å². The summed E-state index contributed by atoms with van der Waals surface area (Å²) in [7, 11) is 0. The second-order valence-electron chi connectivity index (χ2n) is 12.9. The van der Waals surface area contributed by atoms with Crippen LogP contribution in [0.15, 0.2) is 255 Å². The van der Waals surface area contributed by atoms with Crippen molar-refractivity contribution in [2.45, 2.75) is 0 Å². The lowest BCUT2D eigenvalue weighted by Gasteiger charge is -2.11. The first-order chi connectivity index (χ1) is 29.7. The fourth-order valence-electron chi connectivity index (χ4n) is 5.53. The summed E-state index contributed by atoms with van der Waals surface area (Å²) in [6, 6.07) is 81.0. The maximum absolute atomic E-state index is 5.86. The summed E-state index contributed by atoms with van der Waals surface area (Å²) in [4.78, 5) is 0. The summed E-state index contributed by atoms with van der Waals surface area (Å²) in [6.07, 6.45) is 0. The molecular weight excluding hydrogens is 745 g/mol. The van der Waals surface area contributed by atoms with E-state index in [1.807, 2.05) is 255 Å². The number of ether oxygens (including phenoxy) is 6. The topological polar surface area (TPSA) is 55.4 Å². The lowest BCUT2D eigenvalue weighted by atomic mass is 10.3. The van der Waals surface area contributed by atoms with E-state index in [9.17, 15) is 0 Å². The smallest absolute Gasteiger partial charge is 0.169 e. The molecule has 60 heavy (non-hydrogen) atoms. The van der Waals surface area contributed by atoms with E-state index in [2.05, 4.69) is 0 Å². The summed E-state index contributed by atoms with van der Waals surface area (Å²) < 4.78 is 34.7. The van der Waals surface area contributed by atoms with Gasteiger partial charge in [-0.15, -0.1) is 0 Å². The van der Waals surface area contributed by atoms with Gasteiger partial charge >= 0.3 is 0 Å². The van der Waals surface area contributed by atoms with E-state index in [1.54, 1.807) is 0 Å². The zero-order valence-electron chi connectivity index (χ0n) is 32.7. The van der Waals surface area contributed by atoms with Gasteiger partial charge in [0.05, 0.1) is 0 Å². The van der Waals surface area contributed by atoms with Crippen molar-refractivity contribution in [3.05, 3.63) is 255 Å². The SMILES string of the molecule is c1ccc(Oc2ccc(Oc3ccccc3)cc2)cc1.c1ccc(Oc2cccc(Oc3ccccc3)c2)cc1.c1ccc(Oc2ccccc2Oc2ccccc2)cc1. The quantitative estimate of drug-likeness (QED) is 0.123. The minimum Gasteiger partial charge on any atom is -0.457 e. The van der Waals surface area contributed by atoms with Crippen LogP contribution in [-0.2, 0) is 0 Å². The molecule has 0 saturated carbocycles. The number of benzene rings is 9. The first-order valence-corrected chi connectivity index (χ1v) is 19.4. The van der Waals surface area contributed by atoms with Crippen LogP contribution in [0.4, 0.5) is 0 Å². The van der Waals surface area contributed by atoms with Gasteiger partial charge in [0.2, 0.25) is 0 Å². The number of para-hydroxylation sites is 8. The normalized spacial score (nSPS) is 10.0. The van der Waals surface area contributed by atoms with Crippen molar-refractivity contribution < 1.29 is 28.4 Å². The molecule has 0 aliphatic rings. The van der Waals surface area contributed by atoms with Crippen molar-refractivity contribution in [3.63, 3.8) is 0 Å². The Labute approximate surface area is 351 Å². The molecule has 0 heterocycles. The van der Waals surface area contributed by atoms with Crippen LogP contribution in [0.3, 0.4) is 0 Å². The van der Waals surface area contributed by atoms with Crippen molar-refractivity contribution in [2.75, 3.05) is 0 Å². The van der Waals surface area contributed by atoms with Gasteiger partial charge in [0.25, 0.3) is 0 Å². The molecule has 0 aliphatic heterocycles. The Balaban J connectivity index is 0.000000136. The molecule has 0 spiro atoms. The molecule has 9 rings (SSSR count). The molecule has 0 atom stereocenters. The third-order valence-electron chi connectivity index (χ3n) is 8.34. The van der Waals surface area contributed by atoms with Gasteiger partial charge in [-0.1, -0.05) is 127 Å². The first-order valence-electron chi connectivity index (χ1n) is 19.4. The Bertz CT molecular complexity index is 2380. The summed E-state index contributed by atoms with van der Waals surface area (Å²) in [6.45, 7) is 0. The second-order valence-corrected chi connectivity index (χ2v) is 12.9. The standard InChI is InChI=1S/3C18H14O2/c1-3-9-15(10-4-1)19-17-13-7-8-14-18(17)20-16-11-5-2-6-12-16;1-3-8-15(9-4-1)19-17-12-7-13-18(14-17)20-16-10-5-2-6-11-16;1-3-7-15(8-4-1)19-17-11-13-18(14-12-17)20-16-9-5-2-6-10-16/h3*1-14H. The molecular formula is C54H42O6. The van der Waals surface area contributed by atoms with E-state index in [0.29, 0.717) is 11.5 Å². The highest BCUT2D eigenvalue weighted by molar-refractivity contribution is 5.45. The predicted octanol–water partition coefficient (Wildman–Crippen LogP) is 15.8. The maximum atomic E-state index is 5.86. The highest BCUT2D eigenvalue weighted by Gasteiger charge is 2.07. The van der Waals surface area contributed by atoms with Crippen molar-refractivity contribution in [1.29, 1.82) is 0 Å². The van der Waals surface area contributed by atoms with Gasteiger partial charge in [-0.25, -0.2) is 0 Å². The van der Waals surface area contributed by atoms with Crippen LogP contribution in [0.5, 0.6) is 69.0 Å². The molecule has 0 N–H and O–H groups in total. The molecule has 0 radical (unpaired) electrons. The molecule has 6 heteroatoms. The Morgan fingerprint density at radius 2 is 0.350 bits per heavy atom. The molecule has 294 valence electrons. The van der Waals surface area contributed by atoms with Gasteiger partial charge in [0.1, 0.15) is 57.5 Å². The Kier molecular flexibility index (Phi) is 14.6. The molecule has 9 aromatic carbocycles. The zero-order valence-corrected chi connectivity index (χ0v) is 32.7. The van der Waals surface area contributed by atoms with E-state index in [4.69, 9.17) is 28.4 Å². The third kappa shape index (κ3) is 13.2. The average Bonchev–Trinajstić information content (AvgIpc) is 3.30. The van der Waals surface area contributed by atoms with Crippen molar-refractivity contribution >= 4 is 0 Å². The molecule has 0 saturated heterocycles. The lowest BCUT2D eigenvalue weighted by Crippen LogP contribution is -1.89. The van der Waals surface area contributed by atoms with Crippen LogP contribution in [0, 0.1) is 0 Å². The van der Waals surface area contributed by atoms with Crippen LogP contribution in [0.25, 0.3) is 0 Å². The molecule has 0 amide bonds. The summed E-state index contributed by atoms with van der Waals surface area (Å²) in [5.74, 6) is 9.32. The van der Waals surface area contributed by atoms with Crippen molar-refractivity contribution in [2.24, 2.45) is 0 Å². The van der Waals surface area contributed by atoms with E-state index < -0.39 is 0 Å². The highest BCUT2D eigenvalue weighted by Crippen LogP contribution is 2.34. The second kappa shape index (κ2) is 21.9. The zero-order chi connectivity index (χ0) is 40.9. The van der Waals surface area contributed by atoms with Gasteiger partial charge in [0.15, 0.2) is 11.5 Å². The Morgan fingerprint density at radius 3 is 0.633 bits per heavy atom. The van der Waals surface area contributed by atoms with E-state index in [0.717, 1.165) is 57.5 Å². The lowest BCUT2D eigenvalue weighted by molar-refractivity contribution is 0.419. The average molecular weight is 787 g/mol. The highest BCUT2D eigenvalue weighted by atomic mass is 16.5. The van der Waals surface area contributed by atoms with Crippen LogP contribution >= 0.6 is 0 Å². The Morgan fingerprint density at radius 1 is 0.150 bits per heavy atom. The van der Waals surface area contributed by atoms with Crippen LogP contribution in [-0.4, -0.2) is 0 Å². The van der Waals surface area contributed by atoms with Gasteiger partial charge < -0.3 is 28.4 Å². The predicted molar refractivity (Wildman–Crippen MR) is 238 cm³/mol. The van der Waals surface area contributed by atoms with Gasteiger partial charge in [0, 0.05) is 6.07 Å². The van der Waals surface area contributed by atoms with Gasteiger partial charge in [-0.2, -0.15) is 0 Å². The fourth-order valence-corrected chi connectivity index (χ4v) is 5.53. The number of rotatable bonds is 12. The molecule has 0 aromatic heterocycles. The first kappa shape index (κ1) is 40.0. The van der Waals surface area contributed by atoms with Gasteiger partial charge in [-0.05, 0) is 121 Å². The van der Waals surface area contributed by atoms with Gasteiger partial charge in [-0.3, -0.25) is 0 Å². The molecule has 0 aliphatic carbocycles. The minimum atomic E-state index is 0.697. The molecule has 9 aromatic rings. The number of hydrogen-bond donors (Lipinski definition) is 0. The van der Waals surface area contributed by atoms with E-state index in [1.165, 1.54) is 0 Å². The molecule has 6 nitrogen and oxygen atoms in total. The largest absolute Gasteiger partial charge is 0.457 e. The van der Waals surface area contributed by atoms with Crippen molar-refractivity contribution in [3.8, 4) is 69.0 Å². The molecule has 0 bridgehead atoms. The summed E-state index contributed by atoms with van der Waals surface area (Å²) in [5.41, 5.74) is 0. The minimum absolute atomic E-state index is 0.697. The van der Waals surface area contributed by atoms with E-state index in [-0.39, 0.29) is 0 Å². The third-order valence-corrected chi connectivity index (χ3v) is 8.34. The van der Waals surface area contributed by atoms with Crippen LogP contribution in [0.2, 0.25) is 0 Å². The van der Waals surface area contributed by atoms with Crippen LogP contribution in [0.1, 0.15) is 0 Å². The Hall–Kier alpha value is -8.22. The van der Waals surface area contributed by atoms with Crippen LogP contribution < -0.4 is 28.4 Å².